The molecule has 0 fully saturated rings. The van der Waals surface area contributed by atoms with Crippen molar-refractivity contribution in [3.63, 3.8) is 0 Å². The van der Waals surface area contributed by atoms with Crippen LogP contribution in [0.25, 0.3) is 0 Å². The number of amides is 3. The number of amidine groups is 1. The molecule has 11 heteroatoms. The lowest BCUT2D eigenvalue weighted by Crippen LogP contribution is -2.49. The largest absolute Gasteiger partial charge is 0.454 e. The highest BCUT2D eigenvalue weighted by atomic mass is 32.2. The van der Waals surface area contributed by atoms with Crippen molar-refractivity contribution in [3.8, 4) is 0 Å². The molecule has 0 saturated heterocycles. The van der Waals surface area contributed by atoms with Gasteiger partial charge in [0.15, 0.2) is 6.61 Å². The number of fused-ring (bicyclic) bond motifs is 1. The van der Waals surface area contributed by atoms with Crippen LogP contribution in [-0.2, 0) is 24.3 Å². The maximum atomic E-state index is 12.0. The average molecular weight is 410 g/mol. The summed E-state index contributed by atoms with van der Waals surface area (Å²) in [5.41, 5.74) is -0.185. The van der Waals surface area contributed by atoms with Crippen LogP contribution < -0.4 is 15.4 Å². The topological polar surface area (TPSA) is 143 Å². The van der Waals surface area contributed by atoms with Crippen LogP contribution in [-0.4, -0.2) is 50.3 Å². The van der Waals surface area contributed by atoms with Crippen LogP contribution in [0.3, 0.4) is 0 Å². The number of aliphatic imine (C=N–C) groups is 1. The Bertz CT molecular complexity index is 933. The van der Waals surface area contributed by atoms with Gasteiger partial charge < -0.3 is 10.1 Å². The molecular weight excluding hydrogens is 388 g/mol. The predicted molar refractivity (Wildman–Crippen MR) is 100 cm³/mol. The van der Waals surface area contributed by atoms with Crippen LogP contribution in [0.4, 0.5) is 4.79 Å². The summed E-state index contributed by atoms with van der Waals surface area (Å²) in [4.78, 5) is 39.4. The number of hydrogen-bond donors (Lipinski definition) is 3. The molecule has 1 atom stereocenters. The summed E-state index contributed by atoms with van der Waals surface area (Å²) in [7, 11) is -3.72. The van der Waals surface area contributed by atoms with Gasteiger partial charge in [0.1, 0.15) is 11.9 Å². The van der Waals surface area contributed by atoms with Crippen molar-refractivity contribution in [3.05, 3.63) is 29.8 Å². The zero-order valence-electron chi connectivity index (χ0n) is 15.9. The second kappa shape index (κ2) is 7.97. The van der Waals surface area contributed by atoms with Crippen LogP contribution in [0, 0.1) is 0 Å². The number of urea groups is 1. The van der Waals surface area contributed by atoms with Crippen molar-refractivity contribution in [2.75, 3.05) is 6.61 Å². The Morgan fingerprint density at radius 3 is 2.50 bits per heavy atom. The smallest absolute Gasteiger partial charge is 0.331 e. The van der Waals surface area contributed by atoms with Gasteiger partial charge in [0.2, 0.25) is 0 Å². The number of nitrogens with zero attached hydrogens (tertiary/aromatic N) is 1. The number of esters is 1. The minimum atomic E-state index is -3.72. The van der Waals surface area contributed by atoms with Crippen LogP contribution in [0.15, 0.2) is 34.2 Å². The van der Waals surface area contributed by atoms with Crippen molar-refractivity contribution in [1.29, 1.82) is 0 Å². The molecule has 0 spiro atoms. The third-order valence-electron chi connectivity index (χ3n) is 3.41. The Balaban J connectivity index is 1.95. The van der Waals surface area contributed by atoms with Crippen LogP contribution >= 0.6 is 0 Å². The molecule has 1 aromatic rings. The van der Waals surface area contributed by atoms with E-state index >= 15 is 0 Å². The minimum absolute atomic E-state index is 0.0223. The SMILES string of the molecule is C[C@@H](N=C1NS(=O)(=O)c2ccccc21)C(=O)OCC(=O)NC(=O)NC(C)(C)C. The molecule has 0 radical (unpaired) electrons. The fraction of sp³-hybridized carbons (Fsp3) is 0.412. The third kappa shape index (κ3) is 5.52. The van der Waals surface area contributed by atoms with Gasteiger partial charge in [0.05, 0.1) is 4.90 Å². The van der Waals surface area contributed by atoms with E-state index in [2.05, 4.69) is 15.0 Å². The zero-order valence-corrected chi connectivity index (χ0v) is 16.7. The number of rotatable bonds is 4. The lowest BCUT2D eigenvalue weighted by Gasteiger charge is -2.20. The maximum Gasteiger partial charge on any atom is 0.331 e. The van der Waals surface area contributed by atoms with Crippen molar-refractivity contribution in [1.82, 2.24) is 15.4 Å². The highest BCUT2D eigenvalue weighted by Crippen LogP contribution is 2.22. The number of carbonyl (C=O) groups is 3. The van der Waals surface area contributed by atoms with Gasteiger partial charge >= 0.3 is 12.0 Å². The van der Waals surface area contributed by atoms with E-state index in [-0.39, 0.29) is 10.7 Å². The normalized spacial score (nSPS) is 17.2. The van der Waals surface area contributed by atoms with E-state index in [0.29, 0.717) is 5.56 Å². The third-order valence-corrected chi connectivity index (χ3v) is 4.81. The van der Waals surface area contributed by atoms with E-state index in [0.717, 1.165) is 0 Å². The van der Waals surface area contributed by atoms with E-state index in [1.165, 1.54) is 13.0 Å². The number of hydrogen-bond acceptors (Lipinski definition) is 7. The Labute approximate surface area is 162 Å². The summed E-state index contributed by atoms with van der Waals surface area (Å²) in [5, 5.41) is 4.56. The molecule has 0 aromatic heterocycles. The fourth-order valence-corrected chi connectivity index (χ4v) is 3.51. The van der Waals surface area contributed by atoms with E-state index in [1.807, 2.05) is 5.32 Å². The van der Waals surface area contributed by atoms with E-state index in [1.54, 1.807) is 39.0 Å². The van der Waals surface area contributed by atoms with Crippen molar-refractivity contribution >= 4 is 33.8 Å². The molecule has 1 aliphatic rings. The minimum Gasteiger partial charge on any atom is -0.454 e. The fourth-order valence-electron chi connectivity index (χ4n) is 2.27. The monoisotopic (exact) mass is 410 g/mol. The van der Waals surface area contributed by atoms with E-state index < -0.39 is 46.1 Å². The van der Waals surface area contributed by atoms with Gasteiger partial charge in [-0.05, 0) is 39.8 Å². The number of nitrogens with one attached hydrogen (secondary N) is 3. The molecule has 1 aromatic carbocycles. The second-order valence-corrected chi connectivity index (χ2v) is 8.77. The summed E-state index contributed by atoms with van der Waals surface area (Å²) < 4.78 is 31.2. The summed E-state index contributed by atoms with van der Waals surface area (Å²) in [5.74, 6) is -1.63. The Kier molecular flexibility index (Phi) is 6.07. The molecule has 152 valence electrons. The van der Waals surface area contributed by atoms with Gasteiger partial charge in [-0.1, -0.05) is 12.1 Å². The Morgan fingerprint density at radius 2 is 1.86 bits per heavy atom. The summed E-state index contributed by atoms with van der Waals surface area (Å²) >= 11 is 0. The Morgan fingerprint density at radius 1 is 1.21 bits per heavy atom. The maximum absolute atomic E-state index is 12.0. The standard InChI is InChI=1S/C17H22N4O6S/c1-10(15(23)27-9-13(22)19-16(24)20-17(2,3)4)18-14-11-7-5-6-8-12(11)28(25,26)21-14/h5-8,10H,9H2,1-4H3,(H,18,21)(H2,19,20,22,24)/t10-/m1/s1. The molecule has 1 heterocycles. The van der Waals surface area contributed by atoms with Gasteiger partial charge in [0.25, 0.3) is 15.9 Å². The molecule has 3 amide bonds. The van der Waals surface area contributed by atoms with Crippen LogP contribution in [0.5, 0.6) is 0 Å². The molecule has 1 aliphatic heterocycles. The summed E-state index contributed by atoms with van der Waals surface area (Å²) in [6.07, 6.45) is 0. The van der Waals surface area contributed by atoms with E-state index in [9.17, 15) is 22.8 Å². The van der Waals surface area contributed by atoms with Crippen molar-refractivity contribution in [2.24, 2.45) is 4.99 Å². The average Bonchev–Trinajstić information content (AvgIpc) is 2.81. The highest BCUT2D eigenvalue weighted by Gasteiger charge is 2.31. The predicted octanol–water partition coefficient (Wildman–Crippen LogP) is 0.281. The highest BCUT2D eigenvalue weighted by molar-refractivity contribution is 7.90. The molecule has 0 unspecified atom stereocenters. The van der Waals surface area contributed by atoms with Crippen molar-refractivity contribution < 1.29 is 27.5 Å². The molecule has 0 bridgehead atoms. The first-order valence-corrected chi connectivity index (χ1v) is 9.86. The Hall–Kier alpha value is -2.95. The molecule has 3 N–H and O–H groups in total. The first-order chi connectivity index (χ1) is 12.9. The molecule has 0 saturated carbocycles. The van der Waals surface area contributed by atoms with E-state index in [4.69, 9.17) is 4.74 Å². The van der Waals surface area contributed by atoms with Gasteiger partial charge in [-0.25, -0.2) is 18.0 Å². The number of carbonyl (C=O) groups excluding carboxylic acids is 3. The first-order valence-electron chi connectivity index (χ1n) is 8.38. The number of benzene rings is 1. The van der Waals surface area contributed by atoms with Crippen molar-refractivity contribution in [2.45, 2.75) is 44.2 Å². The summed E-state index contributed by atoms with van der Waals surface area (Å²) in [6, 6.07) is 4.43. The second-order valence-electron chi connectivity index (χ2n) is 7.12. The lowest BCUT2D eigenvalue weighted by atomic mass is 10.1. The van der Waals surface area contributed by atoms with Gasteiger partial charge in [-0.3, -0.25) is 19.8 Å². The first kappa shape index (κ1) is 21.4. The lowest BCUT2D eigenvalue weighted by molar-refractivity contribution is -0.149. The van der Waals surface area contributed by atoms with Gasteiger partial charge in [0, 0.05) is 11.1 Å². The van der Waals surface area contributed by atoms with Gasteiger partial charge in [-0.2, -0.15) is 0 Å². The molecule has 10 nitrogen and oxygen atoms in total. The van der Waals surface area contributed by atoms with Crippen LogP contribution in [0.2, 0.25) is 0 Å². The zero-order chi connectivity index (χ0) is 21.1. The van der Waals surface area contributed by atoms with Gasteiger partial charge in [-0.15, -0.1) is 0 Å². The van der Waals surface area contributed by atoms with Crippen LogP contribution in [0.1, 0.15) is 33.3 Å². The molecule has 0 aliphatic carbocycles. The number of sulfonamides is 1. The summed E-state index contributed by atoms with van der Waals surface area (Å²) in [6.45, 7) is 5.96. The quantitative estimate of drug-likeness (QED) is 0.609. The molecular formula is C17H22N4O6S. The number of imide groups is 1. The number of ether oxygens (including phenoxy) is 1. The molecule has 28 heavy (non-hydrogen) atoms. The molecule has 2 rings (SSSR count).